The second-order valence-electron chi connectivity index (χ2n) is 6.61. The molecule has 0 unspecified atom stereocenters. The number of H-pyrrole nitrogens is 1. The molecule has 1 aliphatic rings. The van der Waals surface area contributed by atoms with Crippen LogP contribution in [0.4, 0.5) is 4.39 Å². The Bertz CT molecular complexity index is 1010. The zero-order valence-corrected chi connectivity index (χ0v) is 14.6. The normalized spacial score (nSPS) is 14.2. The van der Waals surface area contributed by atoms with E-state index in [0.717, 1.165) is 16.8 Å². The Hall–Kier alpha value is -3.15. The molecule has 26 heavy (non-hydrogen) atoms. The van der Waals surface area contributed by atoms with Crippen LogP contribution in [0, 0.1) is 5.82 Å². The van der Waals surface area contributed by atoms with Crippen LogP contribution in [0.1, 0.15) is 29.9 Å². The van der Waals surface area contributed by atoms with Gasteiger partial charge in [0.1, 0.15) is 22.9 Å². The first-order valence-electron chi connectivity index (χ1n) is 8.16. The lowest BCUT2D eigenvalue weighted by molar-refractivity contribution is 0.0595. The molecule has 0 radical (unpaired) electrons. The maximum Gasteiger partial charge on any atom is 0.355 e. The van der Waals surface area contributed by atoms with E-state index in [1.165, 1.54) is 19.2 Å². The summed E-state index contributed by atoms with van der Waals surface area (Å²) in [6, 6.07) is 7.84. The molecule has 0 atom stereocenters. The van der Waals surface area contributed by atoms with Crippen molar-refractivity contribution >= 4 is 5.97 Å². The molecular formula is C20H17FN2O3. The summed E-state index contributed by atoms with van der Waals surface area (Å²) in [7, 11) is 1.33. The number of rotatable bonds is 2. The molecule has 0 aliphatic carbocycles. The zero-order chi connectivity index (χ0) is 18.5. The van der Waals surface area contributed by atoms with Crippen molar-refractivity contribution in [3.05, 3.63) is 59.8 Å². The third kappa shape index (κ3) is 2.37. The smallest absolute Gasteiger partial charge is 0.355 e. The van der Waals surface area contributed by atoms with Crippen LogP contribution in [-0.4, -0.2) is 23.0 Å². The topological polar surface area (TPSA) is 64.2 Å². The highest BCUT2D eigenvalue weighted by Gasteiger charge is 2.39. The lowest BCUT2D eigenvalue weighted by Gasteiger charge is -2.33. The minimum Gasteiger partial charge on any atom is -0.481 e. The predicted octanol–water partition coefficient (Wildman–Crippen LogP) is 4.30. The van der Waals surface area contributed by atoms with Gasteiger partial charge in [-0.15, -0.1) is 0 Å². The number of esters is 1. The molecule has 6 heteroatoms. The molecule has 0 amide bonds. The number of aromatic nitrogens is 2. The molecule has 1 N–H and O–H groups in total. The second-order valence-corrected chi connectivity index (χ2v) is 6.61. The summed E-state index contributed by atoms with van der Waals surface area (Å²) in [5.41, 5.74) is 3.36. The van der Waals surface area contributed by atoms with Gasteiger partial charge in [0.15, 0.2) is 0 Å². The van der Waals surface area contributed by atoms with E-state index in [1.807, 2.05) is 19.9 Å². The molecule has 4 rings (SSSR count). The van der Waals surface area contributed by atoms with E-state index in [2.05, 4.69) is 9.97 Å². The minimum atomic E-state index is -0.724. The van der Waals surface area contributed by atoms with E-state index in [9.17, 15) is 9.18 Å². The monoisotopic (exact) mass is 352 g/mol. The number of hydrogen-bond acceptors (Lipinski definition) is 4. The number of carbonyl (C=O) groups is 1. The van der Waals surface area contributed by atoms with Crippen LogP contribution in [0.15, 0.2) is 42.7 Å². The molecule has 0 saturated heterocycles. The van der Waals surface area contributed by atoms with Crippen molar-refractivity contribution in [1.82, 2.24) is 9.97 Å². The van der Waals surface area contributed by atoms with Crippen molar-refractivity contribution in [2.45, 2.75) is 19.4 Å². The van der Waals surface area contributed by atoms with E-state index in [-0.39, 0.29) is 5.82 Å². The first kappa shape index (κ1) is 16.3. The van der Waals surface area contributed by atoms with Crippen molar-refractivity contribution in [2.75, 3.05) is 7.11 Å². The van der Waals surface area contributed by atoms with Gasteiger partial charge in [-0.1, -0.05) is 12.1 Å². The molecule has 3 aromatic rings. The maximum atomic E-state index is 13.4. The summed E-state index contributed by atoms with van der Waals surface area (Å²) in [6.45, 7) is 3.84. The largest absolute Gasteiger partial charge is 0.481 e. The molecule has 0 saturated carbocycles. The molecule has 2 aromatic heterocycles. The summed E-state index contributed by atoms with van der Waals surface area (Å²) in [5, 5.41) is 0. The summed E-state index contributed by atoms with van der Waals surface area (Å²) < 4.78 is 24.5. The van der Waals surface area contributed by atoms with Crippen LogP contribution in [0.5, 0.6) is 5.75 Å². The highest BCUT2D eigenvalue weighted by atomic mass is 19.1. The molecule has 5 nitrogen and oxygen atoms in total. The second kappa shape index (κ2) is 5.69. The van der Waals surface area contributed by atoms with Crippen molar-refractivity contribution in [3.8, 4) is 28.1 Å². The number of nitrogens with one attached hydrogen (secondary N) is 1. The van der Waals surface area contributed by atoms with Crippen LogP contribution in [-0.2, 0) is 10.3 Å². The predicted molar refractivity (Wildman–Crippen MR) is 94.4 cm³/mol. The number of aromatic amines is 1. The summed E-state index contributed by atoms with van der Waals surface area (Å²) >= 11 is 0. The Balaban J connectivity index is 2.07. The van der Waals surface area contributed by atoms with Gasteiger partial charge in [0.05, 0.1) is 19.0 Å². The summed E-state index contributed by atoms with van der Waals surface area (Å²) in [5.74, 6) is -0.205. The highest BCUT2D eigenvalue weighted by molar-refractivity contribution is 6.00. The Labute approximate surface area is 149 Å². The molecule has 0 spiro atoms. The molecule has 132 valence electrons. The van der Waals surface area contributed by atoms with Gasteiger partial charge in [0.2, 0.25) is 0 Å². The van der Waals surface area contributed by atoms with Gasteiger partial charge in [-0.3, -0.25) is 4.98 Å². The molecule has 1 aliphatic heterocycles. The van der Waals surface area contributed by atoms with E-state index in [0.29, 0.717) is 22.6 Å². The van der Waals surface area contributed by atoms with Crippen LogP contribution in [0.2, 0.25) is 0 Å². The van der Waals surface area contributed by atoms with Gasteiger partial charge in [0, 0.05) is 22.9 Å². The quantitative estimate of drug-likeness (QED) is 0.699. The van der Waals surface area contributed by atoms with Gasteiger partial charge in [-0.25, -0.2) is 9.18 Å². The lowest BCUT2D eigenvalue weighted by atomic mass is 9.86. The van der Waals surface area contributed by atoms with Crippen LogP contribution < -0.4 is 4.74 Å². The highest BCUT2D eigenvalue weighted by Crippen LogP contribution is 2.49. The molecular weight excluding hydrogens is 335 g/mol. The maximum absolute atomic E-state index is 13.4. The number of halogens is 1. The molecule has 0 bridgehead atoms. The first-order valence-corrected chi connectivity index (χ1v) is 8.16. The van der Waals surface area contributed by atoms with Crippen LogP contribution in [0.25, 0.3) is 22.4 Å². The van der Waals surface area contributed by atoms with Crippen LogP contribution >= 0.6 is 0 Å². The van der Waals surface area contributed by atoms with Gasteiger partial charge >= 0.3 is 5.97 Å². The fraction of sp³-hybridized carbons (Fsp3) is 0.200. The number of ether oxygens (including phenoxy) is 2. The zero-order valence-electron chi connectivity index (χ0n) is 14.6. The van der Waals surface area contributed by atoms with Gasteiger partial charge in [-0.05, 0) is 37.6 Å². The molecule has 3 heterocycles. The number of pyridine rings is 1. The third-order valence-corrected chi connectivity index (χ3v) is 4.54. The lowest BCUT2D eigenvalue weighted by Crippen LogP contribution is -2.29. The number of methoxy groups -OCH3 is 1. The van der Waals surface area contributed by atoms with Gasteiger partial charge in [-0.2, -0.15) is 0 Å². The van der Waals surface area contributed by atoms with Gasteiger partial charge < -0.3 is 14.5 Å². The summed E-state index contributed by atoms with van der Waals surface area (Å²) in [6.07, 6.45) is 3.32. The fourth-order valence-corrected chi connectivity index (χ4v) is 3.46. The number of benzene rings is 1. The Morgan fingerprint density at radius 2 is 1.96 bits per heavy atom. The van der Waals surface area contributed by atoms with E-state index >= 15 is 0 Å². The van der Waals surface area contributed by atoms with Crippen molar-refractivity contribution in [2.24, 2.45) is 0 Å². The van der Waals surface area contributed by atoms with E-state index in [1.54, 1.807) is 24.5 Å². The summed E-state index contributed by atoms with van der Waals surface area (Å²) in [4.78, 5) is 19.7. The molecule has 0 fully saturated rings. The first-order chi connectivity index (χ1) is 12.4. The van der Waals surface area contributed by atoms with E-state index < -0.39 is 11.6 Å². The van der Waals surface area contributed by atoms with Gasteiger partial charge in [0.25, 0.3) is 0 Å². The van der Waals surface area contributed by atoms with Crippen molar-refractivity contribution in [3.63, 3.8) is 0 Å². The SMILES string of the molecule is COC(=O)c1[nH]c2c(c1-c1ccc(F)cc1)C(C)(C)Oc1cnccc1-2. The fourth-order valence-electron chi connectivity index (χ4n) is 3.46. The average molecular weight is 352 g/mol. The Kier molecular flexibility index (Phi) is 3.57. The number of carbonyl (C=O) groups excluding carboxylic acids is 1. The average Bonchev–Trinajstić information content (AvgIpc) is 3.03. The van der Waals surface area contributed by atoms with E-state index in [4.69, 9.17) is 9.47 Å². The molecule has 1 aromatic carbocycles. The number of fused-ring (bicyclic) bond motifs is 3. The van der Waals surface area contributed by atoms with Crippen molar-refractivity contribution in [1.29, 1.82) is 0 Å². The number of nitrogens with zero attached hydrogens (tertiary/aromatic N) is 1. The Morgan fingerprint density at radius 1 is 1.23 bits per heavy atom. The van der Waals surface area contributed by atoms with Crippen molar-refractivity contribution < 1.29 is 18.7 Å². The number of hydrogen-bond donors (Lipinski definition) is 1. The standard InChI is InChI=1S/C20H17FN2O3/c1-20(2)16-15(11-4-6-12(21)7-5-11)18(19(24)25-3)23-17(16)13-8-9-22-10-14(13)26-20/h4-10,23H,1-3H3. The third-order valence-electron chi connectivity index (χ3n) is 4.54. The Morgan fingerprint density at radius 3 is 2.65 bits per heavy atom. The minimum absolute atomic E-state index is 0.311. The van der Waals surface area contributed by atoms with Crippen LogP contribution in [0.3, 0.4) is 0 Å².